The Labute approximate surface area is 136 Å². The highest BCUT2D eigenvalue weighted by molar-refractivity contribution is 5.87. The van der Waals surface area contributed by atoms with Crippen LogP contribution in [0, 0.1) is 0 Å². The van der Waals surface area contributed by atoms with Gasteiger partial charge >= 0.3 is 5.97 Å². The van der Waals surface area contributed by atoms with Crippen LogP contribution in [-0.4, -0.2) is 47.7 Å². The van der Waals surface area contributed by atoms with Crippen LogP contribution in [0.2, 0.25) is 0 Å². The van der Waals surface area contributed by atoms with Gasteiger partial charge in [0, 0.05) is 19.3 Å². The Balaban J connectivity index is 1.84. The first-order chi connectivity index (χ1) is 11.2. The maximum Gasteiger partial charge on any atom is 0.323 e. The Morgan fingerprint density at radius 1 is 1.17 bits per heavy atom. The van der Waals surface area contributed by atoms with Gasteiger partial charge in [0.25, 0.3) is 0 Å². The van der Waals surface area contributed by atoms with Gasteiger partial charge in [-0.1, -0.05) is 24.3 Å². The summed E-state index contributed by atoms with van der Waals surface area (Å²) in [4.78, 5) is 26.0. The van der Waals surface area contributed by atoms with E-state index in [9.17, 15) is 14.7 Å². The Kier molecular flexibility index (Phi) is 4.96. The number of amides is 1. The fourth-order valence-electron chi connectivity index (χ4n) is 3.74. The second-order valence-corrected chi connectivity index (χ2v) is 6.35. The third-order valence-electron chi connectivity index (χ3n) is 4.89. The van der Waals surface area contributed by atoms with Gasteiger partial charge in [0.05, 0.1) is 5.92 Å². The molecule has 1 atom stereocenters. The fourth-order valence-corrected chi connectivity index (χ4v) is 3.74. The lowest BCUT2D eigenvalue weighted by Crippen LogP contribution is -2.48. The zero-order valence-corrected chi connectivity index (χ0v) is 13.2. The molecule has 1 saturated heterocycles. The minimum Gasteiger partial charge on any atom is -0.480 e. The SMILES string of the molecule is O=C(O)CN(C(=O)C1CCCc2ccccc21)C1CCOCC1. The van der Waals surface area contributed by atoms with Gasteiger partial charge in [0.15, 0.2) is 0 Å². The first kappa shape index (κ1) is 16.0. The number of hydrogen-bond donors (Lipinski definition) is 1. The molecular weight excluding hydrogens is 294 g/mol. The van der Waals surface area contributed by atoms with Gasteiger partial charge in [-0.05, 0) is 43.2 Å². The van der Waals surface area contributed by atoms with Crippen LogP contribution < -0.4 is 0 Å². The summed E-state index contributed by atoms with van der Waals surface area (Å²) in [5.74, 6) is -1.19. The van der Waals surface area contributed by atoms with E-state index in [1.165, 1.54) is 5.56 Å². The number of rotatable bonds is 4. The van der Waals surface area contributed by atoms with E-state index >= 15 is 0 Å². The molecule has 0 saturated carbocycles. The lowest BCUT2D eigenvalue weighted by molar-refractivity contribution is -0.148. The van der Waals surface area contributed by atoms with Crippen molar-refractivity contribution in [1.82, 2.24) is 4.90 Å². The van der Waals surface area contributed by atoms with Crippen molar-refractivity contribution in [2.75, 3.05) is 19.8 Å². The molecule has 1 amide bonds. The number of aliphatic carboxylic acids is 1. The van der Waals surface area contributed by atoms with Crippen molar-refractivity contribution in [2.45, 2.75) is 44.1 Å². The van der Waals surface area contributed by atoms with Crippen LogP contribution in [0.4, 0.5) is 0 Å². The molecule has 1 unspecified atom stereocenters. The molecule has 1 N–H and O–H groups in total. The summed E-state index contributed by atoms with van der Waals surface area (Å²) >= 11 is 0. The number of carbonyl (C=O) groups is 2. The lowest BCUT2D eigenvalue weighted by Gasteiger charge is -2.37. The van der Waals surface area contributed by atoms with Crippen LogP contribution >= 0.6 is 0 Å². The largest absolute Gasteiger partial charge is 0.480 e. The van der Waals surface area contributed by atoms with E-state index in [0.717, 1.165) is 24.8 Å². The Hall–Kier alpha value is -1.88. The molecule has 1 aliphatic heterocycles. The molecule has 1 fully saturated rings. The molecule has 0 aromatic heterocycles. The average Bonchev–Trinajstić information content (AvgIpc) is 2.59. The first-order valence-electron chi connectivity index (χ1n) is 8.34. The maximum atomic E-state index is 13.1. The highest BCUT2D eigenvalue weighted by Crippen LogP contribution is 2.34. The maximum absolute atomic E-state index is 13.1. The van der Waals surface area contributed by atoms with Crippen molar-refractivity contribution in [2.24, 2.45) is 0 Å². The third-order valence-corrected chi connectivity index (χ3v) is 4.89. The monoisotopic (exact) mass is 317 g/mol. The molecule has 1 heterocycles. The van der Waals surface area contributed by atoms with Gasteiger partial charge in [-0.2, -0.15) is 0 Å². The fraction of sp³-hybridized carbons (Fsp3) is 0.556. The van der Waals surface area contributed by atoms with Gasteiger partial charge in [-0.25, -0.2) is 0 Å². The summed E-state index contributed by atoms with van der Waals surface area (Å²) in [6, 6.07) is 8.02. The van der Waals surface area contributed by atoms with E-state index in [1.54, 1.807) is 4.90 Å². The van der Waals surface area contributed by atoms with Crippen LogP contribution in [0.1, 0.15) is 42.7 Å². The summed E-state index contributed by atoms with van der Waals surface area (Å²) in [5.41, 5.74) is 2.30. The Morgan fingerprint density at radius 2 is 1.91 bits per heavy atom. The van der Waals surface area contributed by atoms with Crippen LogP contribution in [-0.2, 0) is 20.7 Å². The molecule has 0 radical (unpaired) electrons. The molecule has 0 spiro atoms. The molecule has 0 bridgehead atoms. The van der Waals surface area contributed by atoms with Crippen LogP contribution in [0.5, 0.6) is 0 Å². The quantitative estimate of drug-likeness (QED) is 0.924. The summed E-state index contributed by atoms with van der Waals surface area (Å²) in [5, 5.41) is 9.23. The summed E-state index contributed by atoms with van der Waals surface area (Å²) < 4.78 is 5.35. The van der Waals surface area contributed by atoms with Crippen LogP contribution in [0.25, 0.3) is 0 Å². The van der Waals surface area contributed by atoms with Crippen molar-refractivity contribution >= 4 is 11.9 Å². The second kappa shape index (κ2) is 7.13. The molecule has 124 valence electrons. The van der Waals surface area contributed by atoms with E-state index < -0.39 is 5.97 Å². The minimum atomic E-state index is -0.950. The number of ether oxygens (including phenoxy) is 1. The minimum absolute atomic E-state index is 0.0264. The highest BCUT2D eigenvalue weighted by Gasteiger charge is 2.34. The first-order valence-corrected chi connectivity index (χ1v) is 8.34. The van der Waals surface area contributed by atoms with Crippen LogP contribution in [0.3, 0.4) is 0 Å². The number of benzene rings is 1. The van der Waals surface area contributed by atoms with Crippen molar-refractivity contribution in [3.8, 4) is 0 Å². The number of carboxylic acids is 1. The van der Waals surface area contributed by atoms with Crippen molar-refractivity contribution < 1.29 is 19.4 Å². The van der Waals surface area contributed by atoms with Crippen molar-refractivity contribution in [3.05, 3.63) is 35.4 Å². The third kappa shape index (κ3) is 3.55. The topological polar surface area (TPSA) is 66.8 Å². The van der Waals surface area contributed by atoms with Gasteiger partial charge in [0.1, 0.15) is 6.54 Å². The molecule has 1 aromatic carbocycles. The smallest absolute Gasteiger partial charge is 0.323 e. The number of fused-ring (bicyclic) bond motifs is 1. The average molecular weight is 317 g/mol. The highest BCUT2D eigenvalue weighted by atomic mass is 16.5. The zero-order valence-electron chi connectivity index (χ0n) is 13.2. The summed E-state index contributed by atoms with van der Waals surface area (Å²) in [6.45, 7) is 0.965. The Morgan fingerprint density at radius 3 is 2.65 bits per heavy atom. The van der Waals surface area contributed by atoms with Gasteiger partial charge < -0.3 is 14.7 Å². The molecule has 3 rings (SSSR count). The predicted molar refractivity (Wildman–Crippen MR) is 85.3 cm³/mol. The molecule has 23 heavy (non-hydrogen) atoms. The van der Waals surface area contributed by atoms with E-state index in [0.29, 0.717) is 26.1 Å². The number of nitrogens with zero attached hydrogens (tertiary/aromatic N) is 1. The van der Waals surface area contributed by atoms with Crippen molar-refractivity contribution in [3.63, 3.8) is 0 Å². The normalized spacial score (nSPS) is 21.5. The summed E-state index contributed by atoms with van der Waals surface area (Å²) in [6.07, 6.45) is 4.20. The second-order valence-electron chi connectivity index (χ2n) is 6.35. The van der Waals surface area contributed by atoms with Gasteiger partial charge in [0.2, 0.25) is 5.91 Å². The molecule has 5 heteroatoms. The van der Waals surface area contributed by atoms with E-state index in [1.807, 2.05) is 18.2 Å². The number of carbonyl (C=O) groups excluding carboxylic acids is 1. The molecule has 2 aliphatic rings. The van der Waals surface area contributed by atoms with E-state index in [-0.39, 0.29) is 24.4 Å². The predicted octanol–water partition coefficient (Wildman–Crippen LogP) is 2.20. The lowest BCUT2D eigenvalue weighted by atomic mass is 9.81. The van der Waals surface area contributed by atoms with Gasteiger partial charge in [-0.15, -0.1) is 0 Å². The van der Waals surface area contributed by atoms with Crippen molar-refractivity contribution in [1.29, 1.82) is 0 Å². The molecule has 5 nitrogen and oxygen atoms in total. The standard InChI is InChI=1S/C18H23NO4/c20-17(21)12-19(14-8-10-23-11-9-14)18(22)16-7-3-5-13-4-1-2-6-15(13)16/h1-2,4,6,14,16H,3,5,7-12H2,(H,20,21). The molecule has 1 aromatic rings. The number of hydrogen-bond acceptors (Lipinski definition) is 3. The van der Waals surface area contributed by atoms with Crippen LogP contribution in [0.15, 0.2) is 24.3 Å². The zero-order chi connectivity index (χ0) is 16.2. The van der Waals surface area contributed by atoms with Gasteiger partial charge in [-0.3, -0.25) is 9.59 Å². The molecular formula is C18H23NO4. The molecule has 1 aliphatic carbocycles. The summed E-state index contributed by atoms with van der Waals surface area (Å²) in [7, 11) is 0. The number of carboxylic acid groups (broad SMARTS) is 1. The van der Waals surface area contributed by atoms with E-state index in [4.69, 9.17) is 4.74 Å². The Bertz CT molecular complexity index is 580. The van der Waals surface area contributed by atoms with E-state index in [2.05, 4.69) is 6.07 Å². The number of aryl methyl sites for hydroxylation is 1.